The first-order chi connectivity index (χ1) is 6.27. The van der Waals surface area contributed by atoms with Gasteiger partial charge in [0.25, 0.3) is 0 Å². The molecule has 0 spiro atoms. The highest BCUT2D eigenvalue weighted by molar-refractivity contribution is 6.32. The summed E-state index contributed by atoms with van der Waals surface area (Å²) in [4.78, 5) is 7.76. The minimum Gasteiger partial charge on any atom is -0.467 e. The van der Waals surface area contributed by atoms with Gasteiger partial charge in [-0.15, -0.1) is 6.42 Å². The molecule has 0 unspecified atom stereocenters. The summed E-state index contributed by atoms with van der Waals surface area (Å²) < 4.78 is 4.82. The first-order valence-corrected chi connectivity index (χ1v) is 3.89. The Morgan fingerprint density at radius 2 is 2.54 bits per heavy atom. The smallest absolute Gasteiger partial charge is 0.318 e. The lowest BCUT2D eigenvalue weighted by atomic mass is 10.5. The summed E-state index contributed by atoms with van der Waals surface area (Å²) in [5.74, 6) is 2.89. The van der Waals surface area contributed by atoms with Gasteiger partial charge in [0.05, 0.1) is 19.9 Å². The SMILES string of the molecule is C#CCNc1nc(OC)ncc1Cl. The number of nitrogens with one attached hydrogen (secondary N) is 1. The van der Waals surface area contributed by atoms with E-state index in [1.54, 1.807) is 0 Å². The number of hydrogen-bond acceptors (Lipinski definition) is 4. The summed E-state index contributed by atoms with van der Waals surface area (Å²) in [5, 5.41) is 3.25. The lowest BCUT2D eigenvalue weighted by molar-refractivity contribution is 0.380. The van der Waals surface area contributed by atoms with Crippen molar-refractivity contribution in [2.24, 2.45) is 0 Å². The van der Waals surface area contributed by atoms with Gasteiger partial charge in [-0.3, -0.25) is 0 Å². The Labute approximate surface area is 81.3 Å². The summed E-state index contributed by atoms with van der Waals surface area (Å²) in [6.45, 7) is 0.361. The molecule has 1 rings (SSSR count). The van der Waals surface area contributed by atoms with Gasteiger partial charge in [0.1, 0.15) is 5.02 Å². The molecule has 0 aromatic carbocycles. The fraction of sp³-hybridized carbons (Fsp3) is 0.250. The number of hydrogen-bond donors (Lipinski definition) is 1. The van der Waals surface area contributed by atoms with Crippen molar-refractivity contribution in [3.05, 3.63) is 11.2 Å². The maximum atomic E-state index is 5.78. The molecule has 0 saturated carbocycles. The van der Waals surface area contributed by atoms with Gasteiger partial charge in [0.2, 0.25) is 0 Å². The summed E-state index contributed by atoms with van der Waals surface area (Å²) >= 11 is 5.78. The monoisotopic (exact) mass is 197 g/mol. The van der Waals surface area contributed by atoms with Crippen LogP contribution in [-0.2, 0) is 0 Å². The number of rotatable bonds is 3. The van der Waals surface area contributed by atoms with Crippen LogP contribution >= 0.6 is 11.6 Å². The standard InChI is InChI=1S/C8H8ClN3O/c1-3-4-10-7-6(9)5-11-8(12-7)13-2/h1,5H,4H2,2H3,(H,10,11,12). The Hall–Kier alpha value is -1.47. The highest BCUT2D eigenvalue weighted by Crippen LogP contribution is 2.19. The average Bonchev–Trinajstić information content (AvgIpc) is 2.17. The largest absolute Gasteiger partial charge is 0.467 e. The minimum absolute atomic E-state index is 0.254. The van der Waals surface area contributed by atoms with E-state index in [9.17, 15) is 0 Å². The zero-order valence-corrected chi connectivity index (χ0v) is 7.80. The Morgan fingerprint density at radius 3 is 3.15 bits per heavy atom. The minimum atomic E-state index is 0.254. The number of terminal acetylenes is 1. The maximum absolute atomic E-state index is 5.78. The van der Waals surface area contributed by atoms with Crippen LogP contribution < -0.4 is 10.1 Å². The molecule has 1 aromatic rings. The van der Waals surface area contributed by atoms with Gasteiger partial charge in [-0.05, 0) is 0 Å². The van der Waals surface area contributed by atoms with E-state index in [1.807, 2.05) is 0 Å². The van der Waals surface area contributed by atoms with E-state index in [0.29, 0.717) is 17.4 Å². The molecule has 0 aliphatic heterocycles. The van der Waals surface area contributed by atoms with Crippen molar-refractivity contribution in [3.63, 3.8) is 0 Å². The Kier molecular flexibility index (Phi) is 3.35. The van der Waals surface area contributed by atoms with Crippen LogP contribution in [0.15, 0.2) is 6.20 Å². The first-order valence-electron chi connectivity index (χ1n) is 3.51. The van der Waals surface area contributed by atoms with Crippen LogP contribution in [0, 0.1) is 12.3 Å². The van der Waals surface area contributed by atoms with Gasteiger partial charge in [-0.2, -0.15) is 4.98 Å². The van der Waals surface area contributed by atoms with Crippen LogP contribution in [0.3, 0.4) is 0 Å². The lowest BCUT2D eigenvalue weighted by Crippen LogP contribution is -2.03. The molecule has 0 fully saturated rings. The molecule has 68 valence electrons. The fourth-order valence-corrected chi connectivity index (χ4v) is 0.866. The Bertz CT molecular complexity index is 335. The number of nitrogens with zero attached hydrogens (tertiary/aromatic N) is 2. The third-order valence-electron chi connectivity index (χ3n) is 1.26. The Morgan fingerprint density at radius 1 is 1.77 bits per heavy atom. The van der Waals surface area contributed by atoms with Crippen LogP contribution in [0.5, 0.6) is 6.01 Å². The van der Waals surface area contributed by atoms with E-state index in [2.05, 4.69) is 21.2 Å². The van der Waals surface area contributed by atoms with Crippen molar-refractivity contribution in [2.45, 2.75) is 0 Å². The number of anilines is 1. The zero-order chi connectivity index (χ0) is 9.68. The van der Waals surface area contributed by atoms with Gasteiger partial charge in [-0.1, -0.05) is 17.5 Å². The van der Waals surface area contributed by atoms with Crippen molar-refractivity contribution in [1.29, 1.82) is 0 Å². The van der Waals surface area contributed by atoms with Gasteiger partial charge < -0.3 is 10.1 Å². The van der Waals surface area contributed by atoms with Crippen LogP contribution in [0.4, 0.5) is 5.82 Å². The van der Waals surface area contributed by atoms with Gasteiger partial charge >= 0.3 is 6.01 Å². The summed E-state index contributed by atoms with van der Waals surface area (Å²) in [6, 6.07) is 0.254. The number of aromatic nitrogens is 2. The highest BCUT2D eigenvalue weighted by Gasteiger charge is 2.03. The third-order valence-corrected chi connectivity index (χ3v) is 1.54. The lowest BCUT2D eigenvalue weighted by Gasteiger charge is -2.04. The summed E-state index contributed by atoms with van der Waals surface area (Å²) in [5.41, 5.74) is 0. The highest BCUT2D eigenvalue weighted by atomic mass is 35.5. The Balaban J connectivity index is 2.85. The first kappa shape index (κ1) is 9.62. The van der Waals surface area contributed by atoms with Crippen molar-refractivity contribution >= 4 is 17.4 Å². The predicted octanol–water partition coefficient (Wildman–Crippen LogP) is 1.18. The van der Waals surface area contributed by atoms with Gasteiger partial charge in [0.15, 0.2) is 5.82 Å². The molecular formula is C8H8ClN3O. The van der Waals surface area contributed by atoms with Crippen LogP contribution in [0.2, 0.25) is 5.02 Å². The van der Waals surface area contributed by atoms with Crippen molar-refractivity contribution in [3.8, 4) is 18.4 Å². The maximum Gasteiger partial charge on any atom is 0.318 e. The average molecular weight is 198 g/mol. The molecule has 0 aliphatic rings. The number of halogens is 1. The molecule has 5 heteroatoms. The van der Waals surface area contributed by atoms with Crippen molar-refractivity contribution in [2.75, 3.05) is 19.0 Å². The molecule has 13 heavy (non-hydrogen) atoms. The molecule has 0 radical (unpaired) electrons. The molecule has 1 N–H and O–H groups in total. The van der Waals surface area contributed by atoms with Crippen LogP contribution in [0.25, 0.3) is 0 Å². The molecule has 0 bridgehead atoms. The molecular weight excluding hydrogens is 190 g/mol. The van der Waals surface area contributed by atoms with E-state index in [-0.39, 0.29) is 6.01 Å². The number of ether oxygens (including phenoxy) is 1. The molecule has 1 aromatic heterocycles. The summed E-state index contributed by atoms with van der Waals surface area (Å²) in [6.07, 6.45) is 6.52. The molecule has 0 aliphatic carbocycles. The molecule has 4 nitrogen and oxygen atoms in total. The van der Waals surface area contributed by atoms with E-state index in [0.717, 1.165) is 0 Å². The second-order valence-corrected chi connectivity index (χ2v) is 2.52. The molecule has 0 atom stereocenters. The second kappa shape index (κ2) is 4.53. The summed E-state index contributed by atoms with van der Waals surface area (Å²) in [7, 11) is 1.48. The van der Waals surface area contributed by atoms with Gasteiger partial charge in [0, 0.05) is 0 Å². The predicted molar refractivity (Wildman–Crippen MR) is 50.9 cm³/mol. The van der Waals surface area contributed by atoms with Crippen molar-refractivity contribution in [1.82, 2.24) is 9.97 Å². The quantitative estimate of drug-likeness (QED) is 0.740. The molecule has 1 heterocycles. The van der Waals surface area contributed by atoms with E-state index in [4.69, 9.17) is 22.8 Å². The topological polar surface area (TPSA) is 47.0 Å². The molecule has 0 amide bonds. The van der Waals surface area contributed by atoms with Crippen LogP contribution in [0.1, 0.15) is 0 Å². The van der Waals surface area contributed by atoms with Crippen LogP contribution in [-0.4, -0.2) is 23.6 Å². The zero-order valence-electron chi connectivity index (χ0n) is 7.04. The normalized spacial score (nSPS) is 9.00. The van der Waals surface area contributed by atoms with Crippen molar-refractivity contribution < 1.29 is 4.74 Å². The van der Waals surface area contributed by atoms with Gasteiger partial charge in [-0.25, -0.2) is 4.98 Å². The van der Waals surface area contributed by atoms with E-state index >= 15 is 0 Å². The van der Waals surface area contributed by atoms with E-state index in [1.165, 1.54) is 13.3 Å². The molecule has 0 saturated heterocycles. The van der Waals surface area contributed by atoms with E-state index < -0.39 is 0 Å². The second-order valence-electron chi connectivity index (χ2n) is 2.11. The number of methoxy groups -OCH3 is 1. The fourth-order valence-electron chi connectivity index (χ4n) is 0.708. The third kappa shape index (κ3) is 2.49.